The van der Waals surface area contributed by atoms with Crippen molar-refractivity contribution in [1.82, 2.24) is 9.88 Å². The maximum Gasteiger partial charge on any atom is 0.410 e. The minimum Gasteiger partial charge on any atom is -0.444 e. The fourth-order valence-corrected chi connectivity index (χ4v) is 3.69. The second-order valence-electron chi connectivity index (χ2n) is 8.75. The number of piperidine rings is 1. The summed E-state index contributed by atoms with van der Waals surface area (Å²) in [6.07, 6.45) is 0.765. The third-order valence-corrected chi connectivity index (χ3v) is 5.32. The summed E-state index contributed by atoms with van der Waals surface area (Å²) in [5.41, 5.74) is -0.229. The minimum atomic E-state index is -0.692. The Bertz CT molecular complexity index is 1060. The molecule has 1 aliphatic heterocycles. The molecule has 1 aliphatic rings. The highest BCUT2D eigenvalue weighted by Gasteiger charge is 2.31. The molecule has 176 valence electrons. The lowest BCUT2D eigenvalue weighted by molar-refractivity contribution is -0.121. The van der Waals surface area contributed by atoms with Crippen molar-refractivity contribution in [2.24, 2.45) is 5.92 Å². The van der Waals surface area contributed by atoms with E-state index in [9.17, 15) is 18.8 Å². The Balaban J connectivity index is 1.60. The van der Waals surface area contributed by atoms with Gasteiger partial charge >= 0.3 is 6.09 Å². The molecule has 2 N–H and O–H groups in total. The lowest BCUT2D eigenvalue weighted by Gasteiger charge is -2.33. The van der Waals surface area contributed by atoms with Crippen LogP contribution >= 0.6 is 15.9 Å². The lowest BCUT2D eigenvalue weighted by atomic mass is 9.97. The third kappa shape index (κ3) is 6.98. The third-order valence-electron chi connectivity index (χ3n) is 4.88. The number of pyridine rings is 1. The highest BCUT2D eigenvalue weighted by atomic mass is 79.9. The van der Waals surface area contributed by atoms with E-state index in [0.717, 1.165) is 6.07 Å². The van der Waals surface area contributed by atoms with Crippen molar-refractivity contribution >= 4 is 45.2 Å². The number of aromatic nitrogens is 1. The number of nitrogens with one attached hydrogen (secondary N) is 2. The number of hydrogen-bond acceptors (Lipinski definition) is 5. The normalized spacial score (nSPS) is 16.2. The fourth-order valence-electron chi connectivity index (χ4n) is 3.34. The van der Waals surface area contributed by atoms with Crippen molar-refractivity contribution in [3.05, 3.63) is 52.5 Å². The van der Waals surface area contributed by atoms with Gasteiger partial charge in [0.2, 0.25) is 5.91 Å². The molecule has 0 bridgehead atoms. The number of ether oxygens (including phenoxy) is 1. The SMILES string of the molecule is CC(C)(C)OC(=O)N1CCC[C@@H](C(=O)Nc2ccc(NC(=O)c3cccc(Br)n3)cc2F)C1. The molecule has 8 nitrogen and oxygen atoms in total. The average Bonchev–Trinajstić information content (AvgIpc) is 2.74. The maximum absolute atomic E-state index is 14.6. The summed E-state index contributed by atoms with van der Waals surface area (Å²) >= 11 is 3.20. The van der Waals surface area contributed by atoms with Crippen LogP contribution in [0.2, 0.25) is 0 Å². The zero-order valence-corrected chi connectivity index (χ0v) is 20.2. The molecule has 0 unspecified atom stereocenters. The maximum atomic E-state index is 14.6. The van der Waals surface area contributed by atoms with Gasteiger partial charge in [0.15, 0.2) is 0 Å². The molecule has 2 heterocycles. The molecular weight excluding hydrogens is 495 g/mol. The molecule has 0 aliphatic carbocycles. The van der Waals surface area contributed by atoms with Gasteiger partial charge in [-0.1, -0.05) is 6.07 Å². The Morgan fingerprint density at radius 2 is 1.94 bits per heavy atom. The van der Waals surface area contributed by atoms with Gasteiger partial charge in [-0.25, -0.2) is 14.2 Å². The first-order valence-electron chi connectivity index (χ1n) is 10.5. The fraction of sp³-hybridized carbons (Fsp3) is 0.391. The molecular formula is C23H26BrFN4O4. The van der Waals surface area contributed by atoms with Crippen LogP contribution in [-0.2, 0) is 9.53 Å². The van der Waals surface area contributed by atoms with Crippen LogP contribution < -0.4 is 10.6 Å². The van der Waals surface area contributed by atoms with E-state index in [-0.39, 0.29) is 29.5 Å². The van der Waals surface area contributed by atoms with Crippen LogP contribution in [-0.4, -0.2) is 46.5 Å². The van der Waals surface area contributed by atoms with Gasteiger partial charge in [0.1, 0.15) is 21.7 Å². The molecule has 10 heteroatoms. The van der Waals surface area contributed by atoms with E-state index in [2.05, 4.69) is 31.5 Å². The van der Waals surface area contributed by atoms with Crippen molar-refractivity contribution < 1.29 is 23.5 Å². The largest absolute Gasteiger partial charge is 0.444 e. The highest BCUT2D eigenvalue weighted by molar-refractivity contribution is 9.10. The number of likely N-dealkylation sites (tertiary alicyclic amines) is 1. The molecule has 3 amide bonds. The second kappa shape index (κ2) is 10.3. The predicted molar refractivity (Wildman–Crippen MR) is 125 cm³/mol. The monoisotopic (exact) mass is 520 g/mol. The van der Waals surface area contributed by atoms with Gasteiger partial charge < -0.3 is 20.3 Å². The number of carbonyl (C=O) groups excluding carboxylic acids is 3. The Hall–Kier alpha value is -3.01. The highest BCUT2D eigenvalue weighted by Crippen LogP contribution is 2.24. The van der Waals surface area contributed by atoms with Crippen LogP contribution in [0, 0.1) is 11.7 Å². The molecule has 3 rings (SSSR count). The van der Waals surface area contributed by atoms with E-state index in [1.165, 1.54) is 23.1 Å². The summed E-state index contributed by atoms with van der Waals surface area (Å²) in [5, 5.41) is 5.16. The number of rotatable bonds is 4. The smallest absolute Gasteiger partial charge is 0.410 e. The van der Waals surface area contributed by atoms with Crippen molar-refractivity contribution in [3.63, 3.8) is 0 Å². The van der Waals surface area contributed by atoms with Crippen molar-refractivity contribution in [1.29, 1.82) is 0 Å². The molecule has 1 aromatic carbocycles. The molecule has 1 aromatic heterocycles. The van der Waals surface area contributed by atoms with E-state index >= 15 is 0 Å². The van der Waals surface area contributed by atoms with Gasteiger partial charge in [-0.15, -0.1) is 0 Å². The van der Waals surface area contributed by atoms with Crippen LogP contribution in [0.3, 0.4) is 0 Å². The first-order chi connectivity index (χ1) is 15.5. The number of nitrogens with zero attached hydrogens (tertiary/aromatic N) is 2. The first kappa shape index (κ1) is 24.6. The minimum absolute atomic E-state index is 0.00651. The van der Waals surface area contributed by atoms with E-state index in [1.54, 1.807) is 32.9 Å². The molecule has 2 aromatic rings. The topological polar surface area (TPSA) is 101 Å². The molecule has 1 saturated heterocycles. The van der Waals surface area contributed by atoms with Crippen molar-refractivity contribution in [3.8, 4) is 0 Å². The summed E-state index contributed by atoms with van der Waals surface area (Å²) in [5.74, 6) is -2.04. The summed E-state index contributed by atoms with van der Waals surface area (Å²) in [7, 11) is 0. The zero-order valence-electron chi connectivity index (χ0n) is 18.7. The number of halogens is 2. The van der Waals surface area contributed by atoms with Crippen LogP contribution in [0.25, 0.3) is 0 Å². The molecule has 0 spiro atoms. The number of amides is 3. The van der Waals surface area contributed by atoms with E-state index < -0.39 is 29.3 Å². The van der Waals surface area contributed by atoms with E-state index in [1.807, 2.05) is 0 Å². The summed E-state index contributed by atoms with van der Waals surface area (Å²) in [6, 6.07) is 8.89. The standard InChI is InChI=1S/C23H26BrFN4O4/c1-23(2,3)33-22(32)29-11-5-6-14(13-29)20(30)28-17-10-9-15(12-16(17)25)26-21(31)18-7-4-8-19(24)27-18/h4,7-10,12,14H,5-6,11,13H2,1-3H3,(H,26,31)(H,28,30)/t14-/m1/s1. The molecule has 0 saturated carbocycles. The Kier molecular flexibility index (Phi) is 7.68. The van der Waals surface area contributed by atoms with Gasteiger partial charge in [0.25, 0.3) is 5.91 Å². The lowest BCUT2D eigenvalue weighted by Crippen LogP contribution is -2.45. The van der Waals surface area contributed by atoms with E-state index in [0.29, 0.717) is 24.0 Å². The number of benzene rings is 1. The first-order valence-corrected chi connectivity index (χ1v) is 11.3. The average molecular weight is 521 g/mol. The summed E-state index contributed by atoms with van der Waals surface area (Å²) in [6.45, 7) is 6.06. The Morgan fingerprint density at radius 1 is 1.18 bits per heavy atom. The summed E-state index contributed by atoms with van der Waals surface area (Å²) < 4.78 is 20.5. The van der Waals surface area contributed by atoms with Gasteiger partial charge in [-0.05, 0) is 79.9 Å². The van der Waals surface area contributed by atoms with E-state index in [4.69, 9.17) is 4.74 Å². The molecule has 1 atom stereocenters. The quantitative estimate of drug-likeness (QED) is 0.562. The number of anilines is 2. The zero-order chi connectivity index (χ0) is 24.2. The number of carbonyl (C=O) groups is 3. The van der Waals surface area contributed by atoms with Gasteiger partial charge in [0.05, 0.1) is 11.6 Å². The molecule has 1 fully saturated rings. The van der Waals surface area contributed by atoms with Crippen LogP contribution in [0.5, 0.6) is 0 Å². The van der Waals surface area contributed by atoms with Gasteiger partial charge in [-0.3, -0.25) is 9.59 Å². The Labute approximate surface area is 200 Å². The van der Waals surface area contributed by atoms with Crippen molar-refractivity contribution in [2.45, 2.75) is 39.2 Å². The molecule has 33 heavy (non-hydrogen) atoms. The molecule has 0 radical (unpaired) electrons. The van der Waals surface area contributed by atoms with Crippen LogP contribution in [0.15, 0.2) is 41.0 Å². The van der Waals surface area contributed by atoms with Crippen LogP contribution in [0.4, 0.5) is 20.6 Å². The predicted octanol–water partition coefficient (Wildman–Crippen LogP) is 4.82. The Morgan fingerprint density at radius 3 is 2.61 bits per heavy atom. The number of hydrogen-bond donors (Lipinski definition) is 2. The van der Waals surface area contributed by atoms with Gasteiger partial charge in [0, 0.05) is 18.8 Å². The van der Waals surface area contributed by atoms with Gasteiger partial charge in [-0.2, -0.15) is 0 Å². The van der Waals surface area contributed by atoms with Crippen LogP contribution in [0.1, 0.15) is 44.1 Å². The summed E-state index contributed by atoms with van der Waals surface area (Å²) in [4.78, 5) is 42.9. The van der Waals surface area contributed by atoms with Crippen molar-refractivity contribution in [2.75, 3.05) is 23.7 Å². The second-order valence-corrected chi connectivity index (χ2v) is 9.56.